The number of fused-ring (bicyclic) bond motifs is 1. The molecule has 2 aliphatic heterocycles. The molecule has 0 bridgehead atoms. The first-order valence-electron chi connectivity index (χ1n) is 11.9. The zero-order valence-electron chi connectivity index (χ0n) is 19.4. The van der Waals surface area contributed by atoms with Crippen molar-refractivity contribution in [1.29, 1.82) is 0 Å². The quantitative estimate of drug-likeness (QED) is 0.439. The third-order valence-corrected chi connectivity index (χ3v) is 6.76. The van der Waals surface area contributed by atoms with Gasteiger partial charge in [-0.3, -0.25) is 24.7 Å². The van der Waals surface area contributed by atoms with Gasteiger partial charge in [-0.1, -0.05) is 19.4 Å². The number of hydrogen-bond acceptors (Lipinski definition) is 5. The topological polar surface area (TPSA) is 103 Å². The minimum atomic E-state index is -0.504. The molecule has 9 heteroatoms. The van der Waals surface area contributed by atoms with Gasteiger partial charge in [0.05, 0.1) is 12.5 Å². The molecule has 1 aromatic carbocycles. The standard InChI is InChI=1S/C25H32FN5O3/c1-16(17-5-7-18(26)8-6-17)24(33)30-27-14-21-20-13-19(9-10-22(20)29-25(21)34)28-23(32)15-31-11-3-2-4-12-31/h5,7-10,13,16-17,21,27H,2-4,6,11-12,14-15H2,1H3,(H,28,32)(H,29,34)(H,30,33). The fourth-order valence-electron chi connectivity index (χ4n) is 4.66. The van der Waals surface area contributed by atoms with Crippen LogP contribution in [0.2, 0.25) is 0 Å². The summed E-state index contributed by atoms with van der Waals surface area (Å²) >= 11 is 0. The Labute approximate surface area is 199 Å². The molecule has 182 valence electrons. The average molecular weight is 470 g/mol. The van der Waals surface area contributed by atoms with Gasteiger partial charge in [0.15, 0.2) is 0 Å². The molecule has 4 rings (SSSR count). The van der Waals surface area contributed by atoms with Gasteiger partial charge in [0, 0.05) is 23.8 Å². The minimum Gasteiger partial charge on any atom is -0.325 e. The van der Waals surface area contributed by atoms with E-state index in [0.717, 1.165) is 31.5 Å². The molecule has 3 amide bonds. The van der Waals surface area contributed by atoms with E-state index in [1.54, 1.807) is 25.1 Å². The fraction of sp³-hybridized carbons (Fsp3) is 0.480. The molecule has 0 spiro atoms. The van der Waals surface area contributed by atoms with Crippen LogP contribution in [0, 0.1) is 11.8 Å². The van der Waals surface area contributed by atoms with Crippen LogP contribution in [0.3, 0.4) is 0 Å². The number of carbonyl (C=O) groups excluding carboxylic acids is 3. The highest BCUT2D eigenvalue weighted by Crippen LogP contribution is 2.34. The maximum Gasteiger partial charge on any atom is 0.238 e. The first kappa shape index (κ1) is 24.1. The predicted molar refractivity (Wildman–Crippen MR) is 128 cm³/mol. The van der Waals surface area contributed by atoms with E-state index >= 15 is 0 Å². The van der Waals surface area contributed by atoms with Gasteiger partial charge in [-0.25, -0.2) is 9.82 Å². The van der Waals surface area contributed by atoms with Crippen LogP contribution >= 0.6 is 0 Å². The Bertz CT molecular complexity index is 1000. The number of allylic oxidation sites excluding steroid dienone is 4. The molecule has 3 unspecified atom stereocenters. The van der Waals surface area contributed by atoms with Crippen molar-refractivity contribution in [2.45, 2.75) is 38.5 Å². The van der Waals surface area contributed by atoms with Crippen molar-refractivity contribution < 1.29 is 18.8 Å². The summed E-state index contributed by atoms with van der Waals surface area (Å²) in [5, 5.41) is 5.78. The van der Waals surface area contributed by atoms with Gasteiger partial charge in [0.25, 0.3) is 0 Å². The number of benzene rings is 1. The number of anilines is 2. The number of rotatable bonds is 8. The van der Waals surface area contributed by atoms with Crippen LogP contribution in [0.15, 0.2) is 42.3 Å². The fourth-order valence-corrected chi connectivity index (χ4v) is 4.66. The van der Waals surface area contributed by atoms with E-state index in [-0.39, 0.29) is 41.9 Å². The van der Waals surface area contributed by atoms with Crippen LogP contribution < -0.4 is 21.5 Å². The summed E-state index contributed by atoms with van der Waals surface area (Å²) in [6.45, 7) is 4.25. The van der Waals surface area contributed by atoms with Crippen LogP contribution in [-0.2, 0) is 14.4 Å². The van der Waals surface area contributed by atoms with E-state index in [1.165, 1.54) is 18.6 Å². The van der Waals surface area contributed by atoms with Gasteiger partial charge < -0.3 is 10.6 Å². The zero-order valence-corrected chi connectivity index (χ0v) is 19.4. The number of halogens is 1. The van der Waals surface area contributed by atoms with Crippen molar-refractivity contribution >= 4 is 29.1 Å². The molecule has 3 aliphatic rings. The van der Waals surface area contributed by atoms with Gasteiger partial charge in [0.1, 0.15) is 5.83 Å². The maximum absolute atomic E-state index is 13.2. The summed E-state index contributed by atoms with van der Waals surface area (Å²) in [5.41, 5.74) is 7.66. The summed E-state index contributed by atoms with van der Waals surface area (Å²) in [7, 11) is 0. The maximum atomic E-state index is 13.2. The molecule has 0 saturated carbocycles. The van der Waals surface area contributed by atoms with Crippen LogP contribution in [0.1, 0.15) is 44.1 Å². The summed E-state index contributed by atoms with van der Waals surface area (Å²) in [6.07, 6.45) is 8.50. The van der Waals surface area contributed by atoms with E-state index in [2.05, 4.69) is 26.4 Å². The van der Waals surface area contributed by atoms with Crippen molar-refractivity contribution in [3.8, 4) is 0 Å². The Balaban J connectivity index is 1.30. The van der Waals surface area contributed by atoms with Crippen LogP contribution in [-0.4, -0.2) is 48.8 Å². The lowest BCUT2D eigenvalue weighted by atomic mass is 9.87. The van der Waals surface area contributed by atoms with Gasteiger partial charge >= 0.3 is 0 Å². The monoisotopic (exact) mass is 469 g/mol. The number of amides is 3. The number of hydrogen-bond donors (Lipinski definition) is 4. The number of nitrogens with one attached hydrogen (secondary N) is 4. The van der Waals surface area contributed by atoms with Crippen molar-refractivity contribution in [2.75, 3.05) is 36.8 Å². The van der Waals surface area contributed by atoms with E-state index in [1.807, 2.05) is 6.07 Å². The largest absolute Gasteiger partial charge is 0.325 e. The number of hydrazine groups is 1. The highest BCUT2D eigenvalue weighted by Gasteiger charge is 2.31. The van der Waals surface area contributed by atoms with Crippen molar-refractivity contribution in [3.05, 3.63) is 47.8 Å². The molecule has 3 atom stereocenters. The molecule has 8 nitrogen and oxygen atoms in total. The third-order valence-electron chi connectivity index (χ3n) is 6.76. The molecular weight excluding hydrogens is 437 g/mol. The Morgan fingerprint density at radius 2 is 2.03 bits per heavy atom. The predicted octanol–water partition coefficient (Wildman–Crippen LogP) is 2.83. The summed E-state index contributed by atoms with van der Waals surface area (Å²) in [6, 6.07) is 5.37. The van der Waals surface area contributed by atoms with E-state index in [9.17, 15) is 18.8 Å². The molecule has 1 fully saturated rings. The van der Waals surface area contributed by atoms with Crippen molar-refractivity contribution in [3.63, 3.8) is 0 Å². The molecule has 4 N–H and O–H groups in total. The second-order valence-electron chi connectivity index (χ2n) is 9.24. The van der Waals surface area contributed by atoms with Gasteiger partial charge in [-0.15, -0.1) is 0 Å². The van der Waals surface area contributed by atoms with E-state index in [0.29, 0.717) is 24.3 Å². The Hall–Kier alpha value is -3.04. The molecule has 1 saturated heterocycles. The van der Waals surface area contributed by atoms with Gasteiger partial charge in [-0.05, 0) is 74.2 Å². The van der Waals surface area contributed by atoms with Gasteiger partial charge in [0.2, 0.25) is 17.7 Å². The molecule has 34 heavy (non-hydrogen) atoms. The van der Waals surface area contributed by atoms with Crippen LogP contribution in [0.25, 0.3) is 0 Å². The van der Waals surface area contributed by atoms with E-state index < -0.39 is 5.92 Å². The molecular formula is C25H32FN5O3. The summed E-state index contributed by atoms with van der Waals surface area (Å²) < 4.78 is 13.2. The number of piperidine rings is 1. The van der Waals surface area contributed by atoms with Crippen LogP contribution in [0.5, 0.6) is 0 Å². The SMILES string of the molecule is CC(C(=O)NNCC1C(=O)Nc2ccc(NC(=O)CN3CCCCC3)cc21)C1C=CC(F)=CC1. The minimum absolute atomic E-state index is 0.0680. The lowest BCUT2D eigenvalue weighted by Gasteiger charge is -2.25. The molecule has 1 aliphatic carbocycles. The summed E-state index contributed by atoms with van der Waals surface area (Å²) in [4.78, 5) is 39.6. The highest BCUT2D eigenvalue weighted by atomic mass is 19.1. The van der Waals surface area contributed by atoms with Crippen molar-refractivity contribution in [1.82, 2.24) is 15.8 Å². The van der Waals surface area contributed by atoms with Crippen LogP contribution in [0.4, 0.5) is 15.8 Å². The third kappa shape index (κ3) is 5.90. The Morgan fingerprint density at radius 3 is 2.76 bits per heavy atom. The lowest BCUT2D eigenvalue weighted by molar-refractivity contribution is -0.127. The molecule has 1 aromatic rings. The van der Waals surface area contributed by atoms with Crippen molar-refractivity contribution in [2.24, 2.45) is 11.8 Å². The lowest BCUT2D eigenvalue weighted by Crippen LogP contribution is -2.44. The summed E-state index contributed by atoms with van der Waals surface area (Å²) in [5.74, 6) is -1.67. The average Bonchev–Trinajstić information content (AvgIpc) is 3.14. The zero-order chi connectivity index (χ0) is 24.1. The molecule has 0 radical (unpaired) electrons. The van der Waals surface area contributed by atoms with Gasteiger partial charge in [-0.2, -0.15) is 0 Å². The smallest absolute Gasteiger partial charge is 0.238 e. The molecule has 0 aromatic heterocycles. The molecule has 2 heterocycles. The number of carbonyl (C=O) groups is 3. The number of nitrogens with zero attached hydrogens (tertiary/aromatic N) is 1. The first-order chi connectivity index (χ1) is 16.4. The second-order valence-corrected chi connectivity index (χ2v) is 9.24. The number of likely N-dealkylation sites (tertiary alicyclic amines) is 1. The Morgan fingerprint density at radius 1 is 1.24 bits per heavy atom. The normalized spacial score (nSPS) is 23.0. The van der Waals surface area contributed by atoms with E-state index in [4.69, 9.17) is 0 Å². The highest BCUT2D eigenvalue weighted by molar-refractivity contribution is 6.04. The Kier molecular flexibility index (Phi) is 7.74. The first-order valence-corrected chi connectivity index (χ1v) is 11.9. The second kappa shape index (κ2) is 10.9.